The highest BCUT2D eigenvalue weighted by Gasteiger charge is 2.19. The third-order valence-electron chi connectivity index (χ3n) is 3.33. The number of aryl methyl sites for hydroxylation is 1. The van der Waals surface area contributed by atoms with Crippen molar-refractivity contribution in [3.05, 3.63) is 48.0 Å². The van der Waals surface area contributed by atoms with E-state index in [2.05, 4.69) is 20.1 Å². The lowest BCUT2D eigenvalue weighted by atomic mass is 10.1. The Kier molecular flexibility index (Phi) is 3.38. The minimum Gasteiger partial charge on any atom is -0.476 e. The number of hydrogen-bond acceptors (Lipinski definition) is 5. The smallest absolute Gasteiger partial charge is 0.354 e. The molecular formula is C15H13N5O2. The van der Waals surface area contributed by atoms with Crippen LogP contribution in [0.5, 0.6) is 0 Å². The number of nitrogens with zero attached hydrogens (tertiary/aromatic N) is 5. The molecule has 0 spiro atoms. The predicted molar refractivity (Wildman–Crippen MR) is 79.2 cm³/mol. The summed E-state index contributed by atoms with van der Waals surface area (Å²) in [4.78, 5) is 24.2. The first-order valence-corrected chi connectivity index (χ1v) is 6.58. The van der Waals surface area contributed by atoms with Crippen molar-refractivity contribution < 1.29 is 9.90 Å². The van der Waals surface area contributed by atoms with E-state index in [0.717, 1.165) is 5.69 Å². The van der Waals surface area contributed by atoms with Crippen LogP contribution in [0, 0.1) is 6.92 Å². The van der Waals surface area contributed by atoms with Crippen LogP contribution < -0.4 is 0 Å². The number of pyridine rings is 1. The SMILES string of the molecule is Cc1c(C(=O)O)nc(-c2cccnc2)nc1-c1ccnn1C. The molecule has 3 aromatic rings. The van der Waals surface area contributed by atoms with Crippen molar-refractivity contribution in [3.63, 3.8) is 0 Å². The molecule has 110 valence electrons. The summed E-state index contributed by atoms with van der Waals surface area (Å²) >= 11 is 0. The molecule has 3 rings (SSSR count). The van der Waals surface area contributed by atoms with E-state index in [1.165, 1.54) is 0 Å². The molecule has 0 aliphatic heterocycles. The van der Waals surface area contributed by atoms with Gasteiger partial charge in [-0.2, -0.15) is 5.10 Å². The molecule has 0 aliphatic rings. The third-order valence-corrected chi connectivity index (χ3v) is 3.33. The Hall–Kier alpha value is -3.09. The number of carboxylic acids is 1. The molecule has 0 atom stereocenters. The zero-order valence-corrected chi connectivity index (χ0v) is 12.1. The van der Waals surface area contributed by atoms with Gasteiger partial charge in [0, 0.05) is 36.8 Å². The molecule has 0 amide bonds. The largest absolute Gasteiger partial charge is 0.476 e. The maximum Gasteiger partial charge on any atom is 0.354 e. The van der Waals surface area contributed by atoms with E-state index in [1.54, 1.807) is 55.4 Å². The van der Waals surface area contributed by atoms with Gasteiger partial charge in [0.15, 0.2) is 11.5 Å². The summed E-state index contributed by atoms with van der Waals surface area (Å²) in [7, 11) is 1.78. The van der Waals surface area contributed by atoms with E-state index in [9.17, 15) is 9.90 Å². The quantitative estimate of drug-likeness (QED) is 0.793. The molecule has 1 N–H and O–H groups in total. The highest BCUT2D eigenvalue weighted by atomic mass is 16.4. The van der Waals surface area contributed by atoms with E-state index in [4.69, 9.17) is 0 Å². The van der Waals surface area contributed by atoms with Crippen LogP contribution in [0.15, 0.2) is 36.8 Å². The minimum absolute atomic E-state index is 0.0231. The standard InChI is InChI=1S/C15H13N5O2/c1-9-12(11-5-7-17-20(11)2)18-14(19-13(9)15(21)22)10-4-3-6-16-8-10/h3-8H,1-2H3,(H,21,22). The van der Waals surface area contributed by atoms with Gasteiger partial charge in [-0.1, -0.05) is 0 Å². The summed E-state index contributed by atoms with van der Waals surface area (Å²) in [5.74, 6) is -0.763. The van der Waals surface area contributed by atoms with Crippen molar-refractivity contribution in [2.24, 2.45) is 7.05 Å². The van der Waals surface area contributed by atoms with E-state index < -0.39 is 5.97 Å². The molecule has 0 fully saturated rings. The molecule has 3 heterocycles. The second kappa shape index (κ2) is 5.36. The van der Waals surface area contributed by atoms with Gasteiger partial charge in [-0.15, -0.1) is 0 Å². The zero-order chi connectivity index (χ0) is 15.7. The van der Waals surface area contributed by atoms with Crippen LogP contribution in [-0.4, -0.2) is 35.8 Å². The van der Waals surface area contributed by atoms with Gasteiger partial charge in [0.1, 0.15) is 0 Å². The second-order valence-corrected chi connectivity index (χ2v) is 4.76. The normalized spacial score (nSPS) is 10.6. The Morgan fingerprint density at radius 3 is 2.64 bits per heavy atom. The van der Waals surface area contributed by atoms with Gasteiger partial charge in [-0.05, 0) is 25.1 Å². The highest BCUT2D eigenvalue weighted by molar-refractivity contribution is 5.89. The lowest BCUT2D eigenvalue weighted by Crippen LogP contribution is -2.10. The Labute approximate surface area is 126 Å². The fourth-order valence-corrected chi connectivity index (χ4v) is 2.20. The van der Waals surface area contributed by atoms with Crippen molar-refractivity contribution in [2.75, 3.05) is 0 Å². The summed E-state index contributed by atoms with van der Waals surface area (Å²) in [5.41, 5.74) is 2.42. The van der Waals surface area contributed by atoms with Gasteiger partial charge in [-0.3, -0.25) is 9.67 Å². The van der Waals surface area contributed by atoms with Gasteiger partial charge >= 0.3 is 5.97 Å². The molecule has 0 bridgehead atoms. The molecule has 0 saturated carbocycles. The Morgan fingerprint density at radius 1 is 1.23 bits per heavy atom. The summed E-state index contributed by atoms with van der Waals surface area (Å²) in [6.07, 6.45) is 4.88. The Morgan fingerprint density at radius 2 is 2.05 bits per heavy atom. The van der Waals surface area contributed by atoms with Crippen LogP contribution in [0.4, 0.5) is 0 Å². The summed E-state index contributed by atoms with van der Waals surface area (Å²) in [6.45, 7) is 1.69. The number of aromatic nitrogens is 5. The molecule has 22 heavy (non-hydrogen) atoms. The molecule has 0 unspecified atom stereocenters. The van der Waals surface area contributed by atoms with Crippen LogP contribution in [0.3, 0.4) is 0 Å². The fraction of sp³-hybridized carbons (Fsp3) is 0.133. The van der Waals surface area contributed by atoms with Gasteiger partial charge in [0.25, 0.3) is 0 Å². The van der Waals surface area contributed by atoms with Crippen molar-refractivity contribution in [1.82, 2.24) is 24.7 Å². The van der Waals surface area contributed by atoms with Gasteiger partial charge in [-0.25, -0.2) is 14.8 Å². The van der Waals surface area contributed by atoms with Crippen molar-refractivity contribution in [2.45, 2.75) is 6.92 Å². The highest BCUT2D eigenvalue weighted by Crippen LogP contribution is 2.25. The Bertz CT molecular complexity index is 842. The van der Waals surface area contributed by atoms with Crippen LogP contribution in [-0.2, 0) is 7.05 Å². The number of carboxylic acid groups (broad SMARTS) is 1. The van der Waals surface area contributed by atoms with Gasteiger partial charge < -0.3 is 5.11 Å². The van der Waals surface area contributed by atoms with Crippen molar-refractivity contribution in [1.29, 1.82) is 0 Å². The summed E-state index contributed by atoms with van der Waals surface area (Å²) < 4.78 is 1.65. The molecule has 0 aliphatic carbocycles. The van der Waals surface area contributed by atoms with Crippen LogP contribution >= 0.6 is 0 Å². The summed E-state index contributed by atoms with van der Waals surface area (Å²) in [6, 6.07) is 5.33. The molecule has 7 heteroatoms. The lowest BCUT2D eigenvalue weighted by molar-refractivity contribution is 0.0689. The van der Waals surface area contributed by atoms with E-state index in [0.29, 0.717) is 22.6 Å². The lowest BCUT2D eigenvalue weighted by Gasteiger charge is -2.10. The molecule has 0 saturated heterocycles. The Balaban J connectivity index is 2.28. The predicted octanol–water partition coefficient (Wildman–Crippen LogP) is 1.95. The number of carbonyl (C=O) groups is 1. The average Bonchev–Trinajstić information content (AvgIpc) is 2.94. The van der Waals surface area contributed by atoms with E-state index in [-0.39, 0.29) is 5.69 Å². The molecule has 0 aromatic carbocycles. The maximum atomic E-state index is 11.5. The third kappa shape index (κ3) is 2.32. The van der Waals surface area contributed by atoms with Gasteiger partial charge in [0.2, 0.25) is 0 Å². The number of aromatic carboxylic acids is 1. The average molecular weight is 295 g/mol. The molecule has 7 nitrogen and oxygen atoms in total. The topological polar surface area (TPSA) is 93.8 Å². The number of hydrogen-bond donors (Lipinski definition) is 1. The first kappa shape index (κ1) is 13.9. The van der Waals surface area contributed by atoms with E-state index >= 15 is 0 Å². The maximum absolute atomic E-state index is 11.5. The minimum atomic E-state index is -1.09. The van der Waals surface area contributed by atoms with Crippen LogP contribution in [0.2, 0.25) is 0 Å². The van der Waals surface area contributed by atoms with Crippen LogP contribution in [0.25, 0.3) is 22.8 Å². The number of rotatable bonds is 3. The summed E-state index contributed by atoms with van der Waals surface area (Å²) in [5, 5.41) is 13.5. The second-order valence-electron chi connectivity index (χ2n) is 4.76. The van der Waals surface area contributed by atoms with E-state index in [1.807, 2.05) is 0 Å². The van der Waals surface area contributed by atoms with Crippen LogP contribution in [0.1, 0.15) is 16.1 Å². The van der Waals surface area contributed by atoms with Crippen molar-refractivity contribution in [3.8, 4) is 22.8 Å². The fourth-order valence-electron chi connectivity index (χ4n) is 2.20. The first-order chi connectivity index (χ1) is 10.6. The molecule has 0 radical (unpaired) electrons. The van der Waals surface area contributed by atoms with Gasteiger partial charge in [0.05, 0.1) is 11.4 Å². The monoisotopic (exact) mass is 295 g/mol. The molecule has 3 aromatic heterocycles. The first-order valence-electron chi connectivity index (χ1n) is 6.58. The zero-order valence-electron chi connectivity index (χ0n) is 12.1. The molecular weight excluding hydrogens is 282 g/mol. The van der Waals surface area contributed by atoms with Crippen molar-refractivity contribution >= 4 is 5.97 Å².